The first-order valence-electron chi connectivity index (χ1n) is 9.75. The van der Waals surface area contributed by atoms with Crippen LogP contribution in [0.2, 0.25) is 5.02 Å². The molecule has 0 spiro atoms. The summed E-state index contributed by atoms with van der Waals surface area (Å²) in [4.78, 5) is 11.5. The standard InChI is InChI=1S/C23H26ClNO4/c1-4-27-22(26)15-29-21-8-5-7-20-19(21)9-11-25(20)10-6-12-28-18-13-16(2)23(24)17(3)14-18/h5,7-9,11,13-14H,4,6,10,12,15H2,1-3H3. The van der Waals surface area contributed by atoms with Gasteiger partial charge in [-0.2, -0.15) is 0 Å². The molecule has 5 nitrogen and oxygen atoms in total. The predicted octanol–water partition coefficient (Wildman–Crippen LogP) is 5.32. The van der Waals surface area contributed by atoms with Gasteiger partial charge in [-0.1, -0.05) is 17.7 Å². The van der Waals surface area contributed by atoms with Crippen LogP contribution in [-0.4, -0.2) is 30.4 Å². The molecule has 0 N–H and O–H groups in total. The fourth-order valence-corrected chi connectivity index (χ4v) is 3.38. The van der Waals surface area contributed by atoms with Crippen molar-refractivity contribution in [2.75, 3.05) is 19.8 Å². The minimum Gasteiger partial charge on any atom is -0.494 e. The van der Waals surface area contributed by atoms with Crippen LogP contribution < -0.4 is 9.47 Å². The van der Waals surface area contributed by atoms with Crippen LogP contribution >= 0.6 is 11.6 Å². The number of ether oxygens (including phenoxy) is 3. The summed E-state index contributed by atoms with van der Waals surface area (Å²) in [7, 11) is 0. The third-order valence-electron chi connectivity index (χ3n) is 4.65. The van der Waals surface area contributed by atoms with Gasteiger partial charge in [-0.05, 0) is 68.7 Å². The van der Waals surface area contributed by atoms with Crippen LogP contribution in [0.3, 0.4) is 0 Å². The van der Waals surface area contributed by atoms with E-state index in [-0.39, 0.29) is 12.6 Å². The van der Waals surface area contributed by atoms with Crippen molar-refractivity contribution in [3.05, 3.63) is 58.7 Å². The maximum Gasteiger partial charge on any atom is 0.344 e. The summed E-state index contributed by atoms with van der Waals surface area (Å²) in [5, 5.41) is 1.76. The summed E-state index contributed by atoms with van der Waals surface area (Å²) in [5.41, 5.74) is 3.10. The maximum absolute atomic E-state index is 11.5. The summed E-state index contributed by atoms with van der Waals surface area (Å²) >= 11 is 6.21. The SMILES string of the molecule is CCOC(=O)COc1cccc2c1ccn2CCCOc1cc(C)c(Cl)c(C)c1. The van der Waals surface area contributed by atoms with E-state index < -0.39 is 0 Å². The summed E-state index contributed by atoms with van der Waals surface area (Å²) in [5.74, 6) is 1.16. The highest BCUT2D eigenvalue weighted by Crippen LogP contribution is 2.28. The van der Waals surface area contributed by atoms with E-state index >= 15 is 0 Å². The van der Waals surface area contributed by atoms with E-state index in [2.05, 4.69) is 4.57 Å². The number of halogens is 1. The molecule has 2 aromatic carbocycles. The smallest absolute Gasteiger partial charge is 0.344 e. The lowest BCUT2D eigenvalue weighted by Gasteiger charge is -2.11. The molecule has 0 radical (unpaired) electrons. The lowest BCUT2D eigenvalue weighted by Crippen LogP contribution is -2.14. The summed E-state index contributed by atoms with van der Waals surface area (Å²) in [6.45, 7) is 7.42. The Labute approximate surface area is 176 Å². The minimum atomic E-state index is -0.367. The van der Waals surface area contributed by atoms with Gasteiger partial charge < -0.3 is 18.8 Å². The summed E-state index contributed by atoms with van der Waals surface area (Å²) in [6, 6.07) is 11.8. The van der Waals surface area contributed by atoms with Crippen molar-refractivity contribution in [1.29, 1.82) is 0 Å². The molecule has 0 fully saturated rings. The Morgan fingerprint density at radius 2 is 1.86 bits per heavy atom. The zero-order chi connectivity index (χ0) is 20.8. The summed E-state index contributed by atoms with van der Waals surface area (Å²) < 4.78 is 18.6. The van der Waals surface area contributed by atoms with Crippen LogP contribution in [0.25, 0.3) is 10.9 Å². The number of aryl methyl sites for hydroxylation is 3. The third-order valence-corrected chi connectivity index (χ3v) is 5.24. The van der Waals surface area contributed by atoms with Gasteiger partial charge in [-0.3, -0.25) is 0 Å². The van der Waals surface area contributed by atoms with E-state index in [1.165, 1.54) is 0 Å². The van der Waals surface area contributed by atoms with E-state index in [4.69, 9.17) is 25.8 Å². The van der Waals surface area contributed by atoms with Crippen molar-refractivity contribution in [3.8, 4) is 11.5 Å². The van der Waals surface area contributed by atoms with Crippen LogP contribution in [0.5, 0.6) is 11.5 Å². The first kappa shape index (κ1) is 21.1. The molecule has 0 bridgehead atoms. The van der Waals surface area contributed by atoms with Gasteiger partial charge in [0.2, 0.25) is 0 Å². The zero-order valence-corrected chi connectivity index (χ0v) is 17.8. The lowest BCUT2D eigenvalue weighted by molar-refractivity contribution is -0.145. The maximum atomic E-state index is 11.5. The van der Waals surface area contributed by atoms with Crippen molar-refractivity contribution in [3.63, 3.8) is 0 Å². The molecule has 0 unspecified atom stereocenters. The Morgan fingerprint density at radius 3 is 2.59 bits per heavy atom. The number of carbonyl (C=O) groups is 1. The normalized spacial score (nSPS) is 10.9. The molecule has 0 saturated carbocycles. The molecule has 154 valence electrons. The van der Waals surface area contributed by atoms with Crippen molar-refractivity contribution >= 4 is 28.5 Å². The van der Waals surface area contributed by atoms with E-state index in [0.29, 0.717) is 19.0 Å². The van der Waals surface area contributed by atoms with Crippen LogP contribution in [0.1, 0.15) is 24.5 Å². The van der Waals surface area contributed by atoms with Crippen molar-refractivity contribution in [1.82, 2.24) is 4.57 Å². The van der Waals surface area contributed by atoms with Gasteiger partial charge in [0.25, 0.3) is 0 Å². The first-order chi connectivity index (χ1) is 14.0. The summed E-state index contributed by atoms with van der Waals surface area (Å²) in [6.07, 6.45) is 2.89. The van der Waals surface area contributed by atoms with Crippen molar-refractivity contribution in [2.24, 2.45) is 0 Å². The Hall–Kier alpha value is -2.66. The van der Waals surface area contributed by atoms with Crippen LogP contribution in [-0.2, 0) is 16.1 Å². The Morgan fingerprint density at radius 1 is 1.10 bits per heavy atom. The molecule has 1 aromatic heterocycles. The van der Waals surface area contributed by atoms with E-state index in [1.54, 1.807) is 6.92 Å². The number of nitrogens with zero attached hydrogens (tertiary/aromatic N) is 1. The fraction of sp³-hybridized carbons (Fsp3) is 0.348. The highest BCUT2D eigenvalue weighted by molar-refractivity contribution is 6.32. The molecule has 0 saturated heterocycles. The average molecular weight is 416 g/mol. The Balaban J connectivity index is 1.58. The molecule has 6 heteroatoms. The van der Waals surface area contributed by atoms with Gasteiger partial charge in [0.05, 0.1) is 18.7 Å². The van der Waals surface area contributed by atoms with Gasteiger partial charge in [0.1, 0.15) is 11.5 Å². The highest BCUT2D eigenvalue weighted by Gasteiger charge is 2.09. The quantitative estimate of drug-likeness (QED) is 0.350. The van der Waals surface area contributed by atoms with E-state index in [0.717, 1.165) is 45.8 Å². The number of aromatic nitrogens is 1. The second kappa shape index (κ2) is 9.70. The first-order valence-corrected chi connectivity index (χ1v) is 10.1. The molecular formula is C23H26ClNO4. The largest absolute Gasteiger partial charge is 0.494 e. The monoisotopic (exact) mass is 415 g/mol. The van der Waals surface area contributed by atoms with Gasteiger partial charge >= 0.3 is 5.97 Å². The second-order valence-electron chi connectivity index (χ2n) is 6.86. The number of hydrogen-bond donors (Lipinski definition) is 0. The van der Waals surface area contributed by atoms with Crippen LogP contribution in [0, 0.1) is 13.8 Å². The van der Waals surface area contributed by atoms with E-state index in [9.17, 15) is 4.79 Å². The van der Waals surface area contributed by atoms with Gasteiger partial charge in [0, 0.05) is 23.2 Å². The van der Waals surface area contributed by atoms with Crippen molar-refractivity contribution in [2.45, 2.75) is 33.7 Å². The molecular weight excluding hydrogens is 390 g/mol. The number of hydrogen-bond acceptors (Lipinski definition) is 4. The molecule has 1 heterocycles. The second-order valence-corrected chi connectivity index (χ2v) is 7.24. The number of fused-ring (bicyclic) bond motifs is 1. The fourth-order valence-electron chi connectivity index (χ4n) is 3.27. The Bertz CT molecular complexity index is 973. The molecule has 29 heavy (non-hydrogen) atoms. The van der Waals surface area contributed by atoms with Crippen LogP contribution in [0.4, 0.5) is 0 Å². The number of carbonyl (C=O) groups excluding carboxylic acids is 1. The lowest BCUT2D eigenvalue weighted by atomic mass is 10.1. The molecule has 0 atom stereocenters. The molecule has 0 aliphatic carbocycles. The zero-order valence-electron chi connectivity index (χ0n) is 17.0. The topological polar surface area (TPSA) is 49.7 Å². The molecule has 3 aromatic rings. The predicted molar refractivity (Wildman–Crippen MR) is 115 cm³/mol. The number of esters is 1. The molecule has 0 amide bonds. The average Bonchev–Trinajstić information content (AvgIpc) is 3.11. The van der Waals surface area contributed by atoms with Gasteiger partial charge in [-0.25, -0.2) is 4.79 Å². The number of rotatable bonds is 9. The molecule has 3 rings (SSSR count). The third kappa shape index (κ3) is 5.24. The Kier molecular flexibility index (Phi) is 7.04. The van der Waals surface area contributed by atoms with Crippen LogP contribution in [0.15, 0.2) is 42.6 Å². The molecule has 0 aliphatic rings. The molecule has 0 aliphatic heterocycles. The minimum absolute atomic E-state index is 0.0914. The highest BCUT2D eigenvalue weighted by atomic mass is 35.5. The van der Waals surface area contributed by atoms with Crippen molar-refractivity contribution < 1.29 is 19.0 Å². The van der Waals surface area contributed by atoms with E-state index in [1.807, 2.05) is 56.4 Å². The number of benzene rings is 2. The van der Waals surface area contributed by atoms with Gasteiger partial charge in [0.15, 0.2) is 6.61 Å². The van der Waals surface area contributed by atoms with Gasteiger partial charge in [-0.15, -0.1) is 0 Å².